The van der Waals surface area contributed by atoms with Gasteiger partial charge < -0.3 is 15.2 Å². The van der Waals surface area contributed by atoms with Crippen molar-refractivity contribution in [2.24, 2.45) is 5.92 Å². The summed E-state index contributed by atoms with van der Waals surface area (Å²) < 4.78 is 0. The fourth-order valence-corrected chi connectivity index (χ4v) is 0.701. The summed E-state index contributed by atoms with van der Waals surface area (Å²) in [6.07, 6.45) is 7.01. The Kier molecular flexibility index (Phi) is 24.9. The Balaban J connectivity index is -0.000000315. The molecule has 0 bridgehead atoms. The van der Waals surface area contributed by atoms with Gasteiger partial charge in [-0.1, -0.05) is 33.3 Å². The summed E-state index contributed by atoms with van der Waals surface area (Å²) in [4.78, 5) is 29.2. The smallest absolute Gasteiger partial charge is 0.290 e. The van der Waals surface area contributed by atoms with Gasteiger partial charge in [0.15, 0.2) is 0 Å². The molecule has 0 radical (unpaired) electrons. The molecular formula is C13H25NO4. The van der Waals surface area contributed by atoms with Crippen molar-refractivity contribution >= 4 is 18.7 Å². The molecule has 18 heavy (non-hydrogen) atoms. The number of hydrogen-bond acceptors (Lipinski definition) is 3. The number of carboxylic acid groups (broad SMARTS) is 1. The molecule has 0 heterocycles. The topological polar surface area (TPSA) is 83.5 Å². The van der Waals surface area contributed by atoms with Gasteiger partial charge in [0.1, 0.15) is 6.29 Å². The summed E-state index contributed by atoms with van der Waals surface area (Å²) in [7, 11) is 1.58. The number of allylic oxidation sites excluding steroid dienone is 1. The summed E-state index contributed by atoms with van der Waals surface area (Å²) >= 11 is 0. The van der Waals surface area contributed by atoms with Crippen LogP contribution in [0.15, 0.2) is 12.2 Å². The van der Waals surface area contributed by atoms with Crippen molar-refractivity contribution in [3.63, 3.8) is 0 Å². The van der Waals surface area contributed by atoms with Crippen LogP contribution in [0.4, 0.5) is 0 Å². The first-order chi connectivity index (χ1) is 8.53. The molecule has 0 aliphatic heterocycles. The molecule has 0 saturated carbocycles. The lowest BCUT2D eigenvalue weighted by molar-refractivity contribution is -0.123. The molecule has 2 N–H and O–H groups in total. The molecule has 106 valence electrons. The van der Waals surface area contributed by atoms with Gasteiger partial charge in [0.2, 0.25) is 5.91 Å². The standard InChI is InChI=1S/C9H15NO2.C3H8.CH2O2/c1-8(7-11)5-3-4-6-9(12)10-2;1-3-2;2-1-3/h4,6-8H,3,5H2,1-2H3,(H,10,12);3H2,1-2H3;1H,(H,2,3)/b6-4+;;. The van der Waals surface area contributed by atoms with Crippen LogP contribution in [0, 0.1) is 5.92 Å². The minimum Gasteiger partial charge on any atom is -0.483 e. The van der Waals surface area contributed by atoms with Gasteiger partial charge in [-0.15, -0.1) is 0 Å². The minimum atomic E-state index is -0.250. The third-order valence-electron chi connectivity index (χ3n) is 1.54. The monoisotopic (exact) mass is 259 g/mol. The third-order valence-corrected chi connectivity index (χ3v) is 1.54. The van der Waals surface area contributed by atoms with Gasteiger partial charge in [-0.2, -0.15) is 0 Å². The summed E-state index contributed by atoms with van der Waals surface area (Å²) in [5.74, 6) is -0.0203. The number of carbonyl (C=O) groups excluding carboxylic acids is 2. The van der Waals surface area contributed by atoms with Crippen molar-refractivity contribution in [3.05, 3.63) is 12.2 Å². The third kappa shape index (κ3) is 29.3. The number of rotatable bonds is 5. The van der Waals surface area contributed by atoms with Gasteiger partial charge in [0.25, 0.3) is 6.47 Å². The number of carbonyl (C=O) groups is 3. The van der Waals surface area contributed by atoms with Crippen LogP contribution in [-0.2, 0) is 14.4 Å². The number of hydrogen-bond donors (Lipinski definition) is 2. The Hall–Kier alpha value is -1.65. The van der Waals surface area contributed by atoms with E-state index in [0.29, 0.717) is 0 Å². The lowest BCUT2D eigenvalue weighted by atomic mass is 10.1. The number of nitrogens with one attached hydrogen (secondary N) is 1. The second-order valence-corrected chi connectivity index (χ2v) is 3.52. The molecule has 0 aromatic heterocycles. The molecule has 0 aliphatic rings. The number of likely N-dealkylation sites (N-methyl/N-ethyl adjacent to an activating group) is 1. The van der Waals surface area contributed by atoms with Gasteiger partial charge in [-0.05, 0) is 18.9 Å². The molecule has 0 aliphatic carbocycles. The lowest BCUT2D eigenvalue weighted by Crippen LogP contribution is -2.13. The average Bonchev–Trinajstić information content (AvgIpc) is 2.35. The van der Waals surface area contributed by atoms with Crippen molar-refractivity contribution in [3.8, 4) is 0 Å². The predicted octanol–water partition coefficient (Wildman–Crippen LogP) is 2.02. The number of aldehydes is 1. The summed E-state index contributed by atoms with van der Waals surface area (Å²) in [5, 5.41) is 9.36. The number of amides is 1. The molecule has 0 fully saturated rings. The largest absolute Gasteiger partial charge is 0.483 e. The predicted molar refractivity (Wildman–Crippen MR) is 72.3 cm³/mol. The maximum atomic E-state index is 10.7. The van der Waals surface area contributed by atoms with Gasteiger partial charge in [-0.3, -0.25) is 9.59 Å². The highest BCUT2D eigenvalue weighted by molar-refractivity contribution is 5.87. The Morgan fingerprint density at radius 1 is 1.33 bits per heavy atom. The fourth-order valence-electron chi connectivity index (χ4n) is 0.701. The van der Waals surface area contributed by atoms with Gasteiger partial charge >= 0.3 is 0 Å². The zero-order chi connectivity index (χ0) is 14.8. The highest BCUT2D eigenvalue weighted by atomic mass is 16.3. The maximum absolute atomic E-state index is 10.7. The van der Waals surface area contributed by atoms with Crippen LogP contribution < -0.4 is 5.32 Å². The Morgan fingerprint density at radius 3 is 2.11 bits per heavy atom. The first-order valence-corrected chi connectivity index (χ1v) is 5.95. The fraction of sp³-hybridized carbons (Fsp3) is 0.615. The van der Waals surface area contributed by atoms with E-state index in [0.717, 1.165) is 19.1 Å². The minimum absolute atomic E-state index is 0.0827. The summed E-state index contributed by atoms with van der Waals surface area (Å²) in [6.45, 7) is 5.86. The normalized spacial score (nSPS) is 10.2. The van der Waals surface area contributed by atoms with E-state index in [9.17, 15) is 9.59 Å². The molecule has 0 aromatic rings. The SMILES string of the molecule is CCC.CNC(=O)/C=C/CCC(C)C=O.O=CO. The molecule has 0 aromatic carbocycles. The Bertz CT molecular complexity index is 227. The van der Waals surface area contributed by atoms with E-state index in [1.54, 1.807) is 13.1 Å². The van der Waals surface area contributed by atoms with Crippen molar-refractivity contribution in [1.82, 2.24) is 5.32 Å². The Labute approximate surface area is 109 Å². The van der Waals surface area contributed by atoms with Gasteiger partial charge in [0, 0.05) is 13.0 Å². The molecule has 1 unspecified atom stereocenters. The van der Waals surface area contributed by atoms with Gasteiger partial charge in [-0.25, -0.2) is 0 Å². The van der Waals surface area contributed by atoms with Crippen LogP contribution >= 0.6 is 0 Å². The highest BCUT2D eigenvalue weighted by Crippen LogP contribution is 2.01. The van der Waals surface area contributed by atoms with E-state index in [1.165, 1.54) is 12.5 Å². The quantitative estimate of drug-likeness (QED) is 0.584. The van der Waals surface area contributed by atoms with Crippen molar-refractivity contribution in [2.75, 3.05) is 7.05 Å². The van der Waals surface area contributed by atoms with E-state index in [4.69, 9.17) is 9.90 Å². The second-order valence-electron chi connectivity index (χ2n) is 3.52. The summed E-state index contributed by atoms with van der Waals surface area (Å²) in [6, 6.07) is 0. The second kappa shape index (κ2) is 20.7. The van der Waals surface area contributed by atoms with Gasteiger partial charge in [0.05, 0.1) is 0 Å². The van der Waals surface area contributed by atoms with Crippen molar-refractivity contribution in [1.29, 1.82) is 0 Å². The van der Waals surface area contributed by atoms with Crippen molar-refractivity contribution in [2.45, 2.75) is 40.0 Å². The van der Waals surface area contributed by atoms with E-state index < -0.39 is 0 Å². The molecule has 1 atom stereocenters. The maximum Gasteiger partial charge on any atom is 0.290 e. The first-order valence-electron chi connectivity index (χ1n) is 5.95. The van der Waals surface area contributed by atoms with Crippen molar-refractivity contribution < 1.29 is 19.5 Å². The zero-order valence-electron chi connectivity index (χ0n) is 11.7. The highest BCUT2D eigenvalue weighted by Gasteiger charge is 1.96. The Morgan fingerprint density at radius 2 is 1.78 bits per heavy atom. The molecule has 1 amide bonds. The van der Waals surface area contributed by atoms with E-state index >= 15 is 0 Å². The van der Waals surface area contributed by atoms with Crippen LogP contribution in [0.25, 0.3) is 0 Å². The van der Waals surface area contributed by atoms with Crippen LogP contribution in [0.2, 0.25) is 0 Å². The van der Waals surface area contributed by atoms with Crippen LogP contribution in [0.1, 0.15) is 40.0 Å². The summed E-state index contributed by atoms with van der Waals surface area (Å²) in [5.41, 5.74) is 0. The van der Waals surface area contributed by atoms with E-state index in [1.807, 2.05) is 6.92 Å². The molecule has 0 spiro atoms. The lowest BCUT2D eigenvalue weighted by Gasteiger charge is -1.97. The van der Waals surface area contributed by atoms with Crippen LogP contribution in [0.3, 0.4) is 0 Å². The molecule has 5 nitrogen and oxygen atoms in total. The molecule has 0 saturated heterocycles. The van der Waals surface area contributed by atoms with Crippen LogP contribution in [-0.4, -0.2) is 30.8 Å². The molecule has 5 heteroatoms. The zero-order valence-corrected chi connectivity index (χ0v) is 11.7. The van der Waals surface area contributed by atoms with Crippen LogP contribution in [0.5, 0.6) is 0 Å². The molecular weight excluding hydrogens is 234 g/mol. The molecule has 0 rings (SSSR count). The van der Waals surface area contributed by atoms with E-state index in [-0.39, 0.29) is 18.3 Å². The van der Waals surface area contributed by atoms with E-state index in [2.05, 4.69) is 19.2 Å². The first kappa shape index (κ1) is 21.6. The average molecular weight is 259 g/mol.